The molecule has 1 heterocycles. The average molecular weight is 394 g/mol. The zero-order valence-corrected chi connectivity index (χ0v) is 15.3. The highest BCUT2D eigenvalue weighted by Gasteiger charge is 2.53. The summed E-state index contributed by atoms with van der Waals surface area (Å²) in [6, 6.07) is -0.858. The summed E-state index contributed by atoms with van der Waals surface area (Å²) in [4.78, 5) is 37.5. The van der Waals surface area contributed by atoms with E-state index in [0.29, 0.717) is 12.8 Å². The molecule has 2 aliphatic carbocycles. The summed E-state index contributed by atoms with van der Waals surface area (Å²) in [5, 5.41) is 7.32. The number of hydrogen-bond donors (Lipinski definition) is 1. The van der Waals surface area contributed by atoms with Gasteiger partial charge in [0.25, 0.3) is 0 Å². The SMILES string of the molecule is O=C(O)C(Cl)CC1CC(N2C(=O)C3CCCCC3C2=O)C(F)CC1Cl. The number of imide groups is 1. The molecule has 0 aromatic heterocycles. The highest BCUT2D eigenvalue weighted by Crippen LogP contribution is 2.43. The number of carbonyl (C=O) groups excluding carboxylic acids is 2. The number of carbonyl (C=O) groups is 3. The molecule has 5 nitrogen and oxygen atoms in total. The fraction of sp³-hybridized carbons (Fsp3) is 0.824. The minimum Gasteiger partial charge on any atom is -0.480 e. The summed E-state index contributed by atoms with van der Waals surface area (Å²) in [5.74, 6) is -2.67. The van der Waals surface area contributed by atoms with E-state index in [2.05, 4.69) is 0 Å². The normalized spacial score (nSPS) is 40.0. The molecule has 1 aliphatic heterocycles. The number of nitrogens with zero attached hydrogens (tertiary/aromatic N) is 1. The van der Waals surface area contributed by atoms with Gasteiger partial charge in [-0.15, -0.1) is 23.2 Å². The van der Waals surface area contributed by atoms with Crippen molar-refractivity contribution in [3.05, 3.63) is 0 Å². The predicted octanol–water partition coefficient (Wildman–Crippen LogP) is 2.97. The number of carboxylic acids is 1. The predicted molar refractivity (Wildman–Crippen MR) is 90.2 cm³/mol. The maximum Gasteiger partial charge on any atom is 0.321 e. The van der Waals surface area contributed by atoms with E-state index in [1.807, 2.05) is 0 Å². The number of rotatable bonds is 4. The number of likely N-dealkylation sites (tertiary alicyclic amines) is 1. The Labute approximate surface area is 155 Å². The number of amides is 2. The van der Waals surface area contributed by atoms with Crippen LogP contribution in [0.5, 0.6) is 0 Å². The van der Waals surface area contributed by atoms with Crippen LogP contribution in [0.4, 0.5) is 4.39 Å². The fourth-order valence-corrected chi connectivity index (χ4v) is 5.17. The summed E-state index contributed by atoms with van der Waals surface area (Å²) in [6.45, 7) is 0. The van der Waals surface area contributed by atoms with Crippen LogP contribution in [-0.4, -0.2) is 50.8 Å². The molecule has 2 saturated carbocycles. The molecule has 1 N–H and O–H groups in total. The van der Waals surface area contributed by atoms with Crippen molar-refractivity contribution in [2.45, 2.75) is 67.9 Å². The Morgan fingerprint density at radius 1 is 1.20 bits per heavy atom. The Balaban J connectivity index is 1.77. The Bertz CT molecular complexity index is 551. The number of aliphatic carboxylic acids is 1. The van der Waals surface area contributed by atoms with Crippen LogP contribution in [0.2, 0.25) is 0 Å². The standard InChI is InChI=1S/C17H22Cl2FNO4/c18-11-7-13(20)14(6-8(11)5-12(19)17(24)25)21-15(22)9-3-1-2-4-10(9)16(21)23/h8-14H,1-7H2,(H,24,25). The van der Waals surface area contributed by atoms with Gasteiger partial charge >= 0.3 is 5.97 Å². The van der Waals surface area contributed by atoms with Crippen LogP contribution in [-0.2, 0) is 14.4 Å². The summed E-state index contributed by atoms with van der Waals surface area (Å²) in [5.41, 5.74) is 0. The largest absolute Gasteiger partial charge is 0.480 e. The molecule has 8 heteroatoms. The molecule has 140 valence electrons. The second kappa shape index (κ2) is 7.39. The van der Waals surface area contributed by atoms with E-state index in [9.17, 15) is 18.8 Å². The van der Waals surface area contributed by atoms with Gasteiger partial charge in [-0.2, -0.15) is 0 Å². The molecule has 0 bridgehead atoms. The minimum absolute atomic E-state index is 0.00743. The van der Waals surface area contributed by atoms with Gasteiger partial charge in [0.1, 0.15) is 11.5 Å². The van der Waals surface area contributed by atoms with E-state index in [1.165, 1.54) is 0 Å². The summed E-state index contributed by atoms with van der Waals surface area (Å²) in [6.07, 6.45) is 2.06. The molecule has 25 heavy (non-hydrogen) atoms. The monoisotopic (exact) mass is 393 g/mol. The first-order valence-electron chi connectivity index (χ1n) is 8.83. The van der Waals surface area contributed by atoms with Gasteiger partial charge in [0.2, 0.25) is 11.8 Å². The third-order valence-corrected chi connectivity index (χ3v) is 6.81. The quantitative estimate of drug-likeness (QED) is 0.588. The molecule has 7 atom stereocenters. The third kappa shape index (κ3) is 3.52. The minimum atomic E-state index is -1.38. The van der Waals surface area contributed by atoms with E-state index >= 15 is 0 Å². The first kappa shape index (κ1) is 18.9. The van der Waals surface area contributed by atoms with Crippen molar-refractivity contribution in [2.24, 2.45) is 17.8 Å². The lowest BCUT2D eigenvalue weighted by atomic mass is 9.80. The number of fused-ring (bicyclic) bond motifs is 1. The summed E-state index contributed by atoms with van der Waals surface area (Å²) < 4.78 is 14.7. The zero-order valence-electron chi connectivity index (χ0n) is 13.7. The topological polar surface area (TPSA) is 74.7 Å². The van der Waals surface area contributed by atoms with E-state index in [4.69, 9.17) is 28.3 Å². The molecule has 3 fully saturated rings. The highest BCUT2D eigenvalue weighted by atomic mass is 35.5. The second-order valence-corrected chi connectivity index (χ2v) is 8.50. The second-order valence-electron chi connectivity index (χ2n) is 7.42. The van der Waals surface area contributed by atoms with E-state index in [-0.39, 0.29) is 48.8 Å². The fourth-order valence-electron chi connectivity index (χ4n) is 4.56. The van der Waals surface area contributed by atoms with Crippen molar-refractivity contribution in [3.8, 4) is 0 Å². The molecule has 1 saturated heterocycles. The molecule has 7 unspecified atom stereocenters. The van der Waals surface area contributed by atoms with Crippen LogP contribution in [0.25, 0.3) is 0 Å². The van der Waals surface area contributed by atoms with E-state index in [0.717, 1.165) is 17.7 Å². The number of hydrogen-bond acceptors (Lipinski definition) is 3. The molecule has 2 amide bonds. The molecule has 0 aromatic rings. The Morgan fingerprint density at radius 2 is 1.76 bits per heavy atom. The van der Waals surface area contributed by atoms with Crippen molar-refractivity contribution in [1.29, 1.82) is 0 Å². The van der Waals surface area contributed by atoms with Gasteiger partial charge in [-0.1, -0.05) is 12.8 Å². The molecule has 0 aromatic carbocycles. The lowest BCUT2D eigenvalue weighted by molar-refractivity contribution is -0.146. The van der Waals surface area contributed by atoms with Gasteiger partial charge in [0, 0.05) is 5.38 Å². The first-order chi connectivity index (χ1) is 11.8. The lowest BCUT2D eigenvalue weighted by Gasteiger charge is -2.39. The third-order valence-electron chi connectivity index (χ3n) is 5.91. The number of halogens is 3. The summed E-state index contributed by atoms with van der Waals surface area (Å²) in [7, 11) is 0. The smallest absolute Gasteiger partial charge is 0.321 e. The first-order valence-corrected chi connectivity index (χ1v) is 9.70. The van der Waals surface area contributed by atoms with E-state index in [1.54, 1.807) is 0 Å². The van der Waals surface area contributed by atoms with Gasteiger partial charge in [0.15, 0.2) is 0 Å². The van der Waals surface area contributed by atoms with Gasteiger partial charge in [-0.05, 0) is 38.0 Å². The molecular weight excluding hydrogens is 372 g/mol. The van der Waals surface area contributed by atoms with Crippen LogP contribution in [0.3, 0.4) is 0 Å². The van der Waals surface area contributed by atoms with Crippen molar-refractivity contribution in [3.63, 3.8) is 0 Å². The Hall–Kier alpha value is -0.880. The number of alkyl halides is 3. The lowest BCUT2D eigenvalue weighted by Crippen LogP contribution is -2.51. The van der Waals surface area contributed by atoms with Crippen LogP contribution in [0, 0.1) is 17.8 Å². The average Bonchev–Trinajstić information content (AvgIpc) is 2.82. The molecule has 0 radical (unpaired) electrons. The van der Waals surface area contributed by atoms with Gasteiger partial charge in [0.05, 0.1) is 17.9 Å². The van der Waals surface area contributed by atoms with Crippen LogP contribution >= 0.6 is 23.2 Å². The van der Waals surface area contributed by atoms with E-state index < -0.39 is 28.9 Å². The molecule has 0 spiro atoms. The van der Waals surface area contributed by atoms with Crippen LogP contribution in [0.1, 0.15) is 44.9 Å². The maximum absolute atomic E-state index is 14.7. The Kier molecular flexibility index (Phi) is 5.59. The Morgan fingerprint density at radius 3 is 2.28 bits per heavy atom. The molecule has 3 rings (SSSR count). The number of carboxylic acid groups (broad SMARTS) is 1. The molecule has 3 aliphatic rings. The van der Waals surface area contributed by atoms with Crippen LogP contribution < -0.4 is 0 Å². The van der Waals surface area contributed by atoms with Crippen molar-refractivity contribution in [2.75, 3.05) is 0 Å². The highest BCUT2D eigenvalue weighted by molar-refractivity contribution is 6.29. The maximum atomic E-state index is 14.7. The van der Waals surface area contributed by atoms with Crippen molar-refractivity contribution in [1.82, 2.24) is 4.90 Å². The van der Waals surface area contributed by atoms with Crippen molar-refractivity contribution >= 4 is 41.0 Å². The van der Waals surface area contributed by atoms with Crippen LogP contribution in [0.15, 0.2) is 0 Å². The van der Waals surface area contributed by atoms with Gasteiger partial charge < -0.3 is 5.11 Å². The summed E-state index contributed by atoms with van der Waals surface area (Å²) >= 11 is 12.0. The molecular formula is C17H22Cl2FNO4. The van der Waals surface area contributed by atoms with Gasteiger partial charge in [-0.3, -0.25) is 19.3 Å². The van der Waals surface area contributed by atoms with Gasteiger partial charge in [-0.25, -0.2) is 4.39 Å². The zero-order chi connectivity index (χ0) is 18.3. The van der Waals surface area contributed by atoms with Crippen molar-refractivity contribution < 1.29 is 23.9 Å².